The van der Waals surface area contributed by atoms with Crippen molar-refractivity contribution in [1.29, 1.82) is 0 Å². The van der Waals surface area contributed by atoms with Crippen LogP contribution in [0.15, 0.2) is 125 Å². The molecule has 5 aromatic rings. The summed E-state index contributed by atoms with van der Waals surface area (Å²) in [4.78, 5) is 36.2. The Kier molecular flexibility index (Phi) is 32.4. The van der Waals surface area contributed by atoms with Gasteiger partial charge in [0.1, 0.15) is 23.0 Å². The molecule has 0 aromatic heterocycles. The molecule has 8 heteroatoms. The second-order valence-electron chi connectivity index (χ2n) is 21.3. The highest BCUT2D eigenvalue weighted by Crippen LogP contribution is 2.29. The summed E-state index contributed by atoms with van der Waals surface area (Å²) < 4.78 is 23.9. The number of unbranched alkanes of at least 4 members (excludes halogenated alkanes) is 27. The molecule has 0 saturated heterocycles. The van der Waals surface area contributed by atoms with Crippen LogP contribution in [0.3, 0.4) is 0 Å². The number of carbonyl (C=O) groups is 2. The molecule has 8 nitrogen and oxygen atoms in total. The summed E-state index contributed by atoms with van der Waals surface area (Å²) >= 11 is 0. The largest absolute Gasteiger partial charge is 0.494 e. The van der Waals surface area contributed by atoms with Crippen LogP contribution in [0.25, 0.3) is 0 Å². The van der Waals surface area contributed by atoms with Crippen molar-refractivity contribution in [2.45, 2.75) is 220 Å². The number of hydrogen-bond acceptors (Lipinski definition) is 8. The highest BCUT2D eigenvalue weighted by molar-refractivity contribution is 5.93. The molecule has 0 aliphatic carbocycles. The van der Waals surface area contributed by atoms with Gasteiger partial charge in [0.15, 0.2) is 0 Å². The zero-order chi connectivity index (χ0) is 54.9. The quantitative estimate of drug-likeness (QED) is 0.0167. The Labute approximate surface area is 471 Å². The maximum absolute atomic E-state index is 13.6. The van der Waals surface area contributed by atoms with Gasteiger partial charge in [0.2, 0.25) is 0 Å². The molecule has 0 unspecified atom stereocenters. The number of hydrogen-bond donors (Lipinski definition) is 0. The van der Waals surface area contributed by atoms with Crippen molar-refractivity contribution in [3.05, 3.63) is 143 Å². The van der Waals surface area contributed by atoms with Gasteiger partial charge in [0.25, 0.3) is 0 Å². The Balaban J connectivity index is 1.01. The number of esters is 2. The van der Waals surface area contributed by atoms with E-state index in [-0.39, 0.29) is 5.75 Å². The van der Waals surface area contributed by atoms with Gasteiger partial charge in [-0.05, 0) is 146 Å². The Morgan fingerprint density at radius 2 is 0.692 bits per heavy atom. The van der Waals surface area contributed by atoms with Crippen molar-refractivity contribution in [1.82, 2.24) is 0 Å². The lowest BCUT2D eigenvalue weighted by Gasteiger charge is -2.13. The summed E-state index contributed by atoms with van der Waals surface area (Å²) in [6.45, 7) is 8.20. The average molecular weight is 1060 g/mol. The van der Waals surface area contributed by atoms with E-state index < -0.39 is 11.9 Å². The van der Waals surface area contributed by atoms with E-state index in [0.29, 0.717) is 28.3 Å². The van der Waals surface area contributed by atoms with E-state index in [2.05, 4.69) is 30.8 Å². The molecule has 0 amide bonds. The third-order valence-electron chi connectivity index (χ3n) is 14.5. The molecule has 5 aromatic carbocycles. The predicted molar refractivity (Wildman–Crippen MR) is 327 cm³/mol. The van der Waals surface area contributed by atoms with Gasteiger partial charge in [-0.3, -0.25) is 9.98 Å². The molecule has 0 bridgehead atoms. The van der Waals surface area contributed by atoms with Crippen LogP contribution in [0, 0.1) is 0 Å². The Bertz CT molecular complexity index is 2410. The first-order valence-electron chi connectivity index (χ1n) is 30.7. The average Bonchev–Trinajstić information content (AvgIpc) is 3.47. The standard InChI is InChI=1S/C70H96N2O6/c1-4-7-10-13-15-17-19-21-23-25-27-29-32-53-75-65-48-35-58(36-49-65)56-71-63-44-39-61(40-45-63)69(73)77-67-52-43-60(34-31-12-9-6-3)68(55-67)78-70(74)62-41-46-64(47-42-62)72-57-59-37-50-66(51-38-59)76-54-33-30-28-26-24-22-20-18-16-14-11-8-5-2/h35-52,55-57H,4-34,53-54H2,1-3H3. The van der Waals surface area contributed by atoms with Gasteiger partial charge >= 0.3 is 11.9 Å². The summed E-state index contributed by atoms with van der Waals surface area (Å²) in [6, 6.07) is 35.2. The third-order valence-corrected chi connectivity index (χ3v) is 14.5. The zero-order valence-electron chi connectivity index (χ0n) is 48.3. The molecule has 78 heavy (non-hydrogen) atoms. The Morgan fingerprint density at radius 3 is 1.08 bits per heavy atom. The van der Waals surface area contributed by atoms with Crippen LogP contribution in [0.2, 0.25) is 0 Å². The topological polar surface area (TPSA) is 95.8 Å². The third kappa shape index (κ3) is 27.0. The number of carbonyl (C=O) groups excluding carboxylic acids is 2. The molecule has 0 aliphatic heterocycles. The van der Waals surface area contributed by atoms with Gasteiger partial charge in [-0.1, -0.05) is 200 Å². The van der Waals surface area contributed by atoms with Gasteiger partial charge < -0.3 is 18.9 Å². The highest BCUT2D eigenvalue weighted by Gasteiger charge is 2.16. The molecule has 0 saturated carbocycles. The molecule has 5 rings (SSSR count). The molecule has 0 aliphatic rings. The molecule has 0 N–H and O–H groups in total. The van der Waals surface area contributed by atoms with Crippen LogP contribution in [0.5, 0.6) is 23.0 Å². The van der Waals surface area contributed by atoms with E-state index in [1.807, 2.05) is 54.6 Å². The molecular weight excluding hydrogens is 965 g/mol. The van der Waals surface area contributed by atoms with E-state index in [0.717, 1.165) is 86.3 Å². The molecule has 422 valence electrons. The molecule has 0 radical (unpaired) electrons. The van der Waals surface area contributed by atoms with Crippen molar-refractivity contribution in [3.63, 3.8) is 0 Å². The first kappa shape index (κ1) is 62.8. The fourth-order valence-electron chi connectivity index (χ4n) is 9.55. The molecule has 0 atom stereocenters. The fourth-order valence-corrected chi connectivity index (χ4v) is 9.55. The minimum absolute atomic E-state index is 0.290. The van der Waals surface area contributed by atoms with Crippen molar-refractivity contribution in [3.8, 4) is 23.0 Å². The number of ether oxygens (including phenoxy) is 4. The van der Waals surface area contributed by atoms with Crippen molar-refractivity contribution < 1.29 is 28.5 Å². The van der Waals surface area contributed by atoms with Gasteiger partial charge in [0, 0.05) is 18.5 Å². The molecular formula is C70H96N2O6. The van der Waals surface area contributed by atoms with Crippen LogP contribution in [0.4, 0.5) is 11.4 Å². The number of nitrogens with zero attached hydrogens (tertiary/aromatic N) is 2. The van der Waals surface area contributed by atoms with Crippen molar-refractivity contribution in [2.24, 2.45) is 9.98 Å². The predicted octanol–water partition coefficient (Wildman–Crippen LogP) is 20.7. The van der Waals surface area contributed by atoms with Crippen LogP contribution in [-0.2, 0) is 6.42 Å². The zero-order valence-corrected chi connectivity index (χ0v) is 48.3. The van der Waals surface area contributed by atoms with Crippen LogP contribution < -0.4 is 18.9 Å². The smallest absolute Gasteiger partial charge is 0.343 e. The summed E-state index contributed by atoms with van der Waals surface area (Å²) in [7, 11) is 0. The monoisotopic (exact) mass is 1060 g/mol. The summed E-state index contributed by atoms with van der Waals surface area (Å²) in [5.41, 5.74) is 4.99. The second-order valence-corrected chi connectivity index (χ2v) is 21.3. The maximum atomic E-state index is 13.6. The Hall–Kier alpha value is -6.02. The molecule has 0 spiro atoms. The lowest BCUT2D eigenvalue weighted by Crippen LogP contribution is -2.11. The van der Waals surface area contributed by atoms with Gasteiger partial charge in [-0.25, -0.2) is 9.59 Å². The number of rotatable bonds is 43. The number of benzene rings is 5. The first-order valence-corrected chi connectivity index (χ1v) is 30.7. The summed E-state index contributed by atoms with van der Waals surface area (Å²) in [5.74, 6) is 1.38. The van der Waals surface area contributed by atoms with Gasteiger partial charge in [-0.2, -0.15) is 0 Å². The van der Waals surface area contributed by atoms with Crippen molar-refractivity contribution in [2.75, 3.05) is 13.2 Å². The van der Waals surface area contributed by atoms with Crippen LogP contribution in [-0.4, -0.2) is 37.6 Å². The van der Waals surface area contributed by atoms with E-state index >= 15 is 0 Å². The maximum Gasteiger partial charge on any atom is 0.343 e. The van der Waals surface area contributed by atoms with Gasteiger partial charge in [0.05, 0.1) is 35.7 Å². The highest BCUT2D eigenvalue weighted by atomic mass is 16.5. The van der Waals surface area contributed by atoms with E-state index in [1.54, 1.807) is 73.1 Å². The number of aryl methyl sites for hydroxylation is 1. The van der Waals surface area contributed by atoms with Crippen LogP contribution in [0.1, 0.15) is 251 Å². The Morgan fingerprint density at radius 1 is 0.359 bits per heavy atom. The molecule has 0 heterocycles. The first-order chi connectivity index (χ1) is 38.4. The molecule has 0 fully saturated rings. The van der Waals surface area contributed by atoms with E-state index in [4.69, 9.17) is 18.9 Å². The minimum Gasteiger partial charge on any atom is -0.494 e. The second kappa shape index (κ2) is 40.2. The SMILES string of the molecule is CCCCCCCCCCCCCCCOc1ccc(C=Nc2ccc(C(=O)Oc3ccc(CCCCCC)c(OC(=O)c4ccc(N=Cc5ccc(OCCCCCCCCCCCCCCC)cc5)cc4)c3)cc2)cc1. The lowest BCUT2D eigenvalue weighted by molar-refractivity contribution is 0.0731. The van der Waals surface area contributed by atoms with E-state index in [9.17, 15) is 9.59 Å². The summed E-state index contributed by atoms with van der Waals surface area (Å²) in [6.07, 6.45) is 43.3. The van der Waals surface area contributed by atoms with Crippen molar-refractivity contribution >= 4 is 35.7 Å². The van der Waals surface area contributed by atoms with Crippen LogP contribution >= 0.6 is 0 Å². The van der Waals surface area contributed by atoms with Gasteiger partial charge in [-0.15, -0.1) is 0 Å². The van der Waals surface area contributed by atoms with E-state index in [1.165, 1.54) is 154 Å². The minimum atomic E-state index is -0.520. The fraction of sp³-hybridized carbons (Fsp3) is 0.514. The number of aliphatic imine (C=N–C) groups is 2. The summed E-state index contributed by atoms with van der Waals surface area (Å²) in [5, 5.41) is 0. The normalized spacial score (nSPS) is 11.4. The lowest BCUT2D eigenvalue weighted by atomic mass is 10.0.